The quantitative estimate of drug-likeness (QED) is 0.390. The SMILES string of the molecule is CCOc1cc(CCCNC(=NC)NCCSC)ccc1OC. The molecular formula is C17H29N3O2S. The number of aryl methyl sites for hydroxylation is 1. The molecule has 0 fully saturated rings. The Bertz CT molecular complexity index is 481. The Morgan fingerprint density at radius 3 is 2.65 bits per heavy atom. The average Bonchev–Trinajstić information content (AvgIpc) is 2.57. The molecule has 0 unspecified atom stereocenters. The van der Waals surface area contributed by atoms with E-state index < -0.39 is 0 Å². The Balaban J connectivity index is 2.39. The van der Waals surface area contributed by atoms with Gasteiger partial charge in [0, 0.05) is 25.9 Å². The van der Waals surface area contributed by atoms with E-state index in [1.165, 1.54) is 5.56 Å². The van der Waals surface area contributed by atoms with E-state index in [0.29, 0.717) is 6.61 Å². The summed E-state index contributed by atoms with van der Waals surface area (Å²) in [6, 6.07) is 6.12. The second kappa shape index (κ2) is 11.9. The lowest BCUT2D eigenvalue weighted by Crippen LogP contribution is -2.38. The van der Waals surface area contributed by atoms with Crippen molar-refractivity contribution in [3.63, 3.8) is 0 Å². The Hall–Kier alpha value is -1.56. The first-order valence-electron chi connectivity index (χ1n) is 7.98. The van der Waals surface area contributed by atoms with Gasteiger partial charge in [-0.1, -0.05) is 6.07 Å². The van der Waals surface area contributed by atoms with Crippen LogP contribution in [0.15, 0.2) is 23.2 Å². The van der Waals surface area contributed by atoms with E-state index >= 15 is 0 Å². The third kappa shape index (κ3) is 7.50. The molecule has 0 heterocycles. The third-order valence-electron chi connectivity index (χ3n) is 3.28. The van der Waals surface area contributed by atoms with Gasteiger partial charge in [-0.05, 0) is 43.7 Å². The number of hydrogen-bond donors (Lipinski definition) is 2. The van der Waals surface area contributed by atoms with E-state index in [2.05, 4.69) is 34.0 Å². The van der Waals surface area contributed by atoms with Crippen LogP contribution in [0.5, 0.6) is 11.5 Å². The molecule has 23 heavy (non-hydrogen) atoms. The Kier molecular flexibility index (Phi) is 10.1. The largest absolute Gasteiger partial charge is 0.493 e. The molecule has 0 atom stereocenters. The van der Waals surface area contributed by atoms with E-state index in [-0.39, 0.29) is 0 Å². The minimum Gasteiger partial charge on any atom is -0.493 e. The fraction of sp³-hybridized carbons (Fsp3) is 0.588. The third-order valence-corrected chi connectivity index (χ3v) is 3.90. The Morgan fingerprint density at radius 1 is 1.22 bits per heavy atom. The van der Waals surface area contributed by atoms with Gasteiger partial charge < -0.3 is 20.1 Å². The lowest BCUT2D eigenvalue weighted by molar-refractivity contribution is 0.310. The molecule has 1 rings (SSSR count). The van der Waals surface area contributed by atoms with Crippen LogP contribution >= 0.6 is 11.8 Å². The maximum absolute atomic E-state index is 5.61. The smallest absolute Gasteiger partial charge is 0.191 e. The molecule has 1 aromatic rings. The maximum Gasteiger partial charge on any atom is 0.191 e. The van der Waals surface area contributed by atoms with Gasteiger partial charge in [0.25, 0.3) is 0 Å². The number of thioether (sulfide) groups is 1. The number of rotatable bonds is 10. The zero-order valence-corrected chi connectivity index (χ0v) is 15.5. The summed E-state index contributed by atoms with van der Waals surface area (Å²) in [5, 5.41) is 6.63. The molecular weight excluding hydrogens is 310 g/mol. The van der Waals surface area contributed by atoms with Crippen molar-refractivity contribution < 1.29 is 9.47 Å². The maximum atomic E-state index is 5.61. The van der Waals surface area contributed by atoms with Gasteiger partial charge in [0.2, 0.25) is 0 Å². The van der Waals surface area contributed by atoms with Crippen LogP contribution in [0.4, 0.5) is 0 Å². The van der Waals surface area contributed by atoms with Crippen LogP contribution in [0.3, 0.4) is 0 Å². The van der Waals surface area contributed by atoms with Crippen molar-refractivity contribution in [2.24, 2.45) is 4.99 Å². The van der Waals surface area contributed by atoms with Crippen LogP contribution in [0.25, 0.3) is 0 Å². The number of methoxy groups -OCH3 is 1. The highest BCUT2D eigenvalue weighted by molar-refractivity contribution is 7.98. The first-order valence-corrected chi connectivity index (χ1v) is 9.37. The van der Waals surface area contributed by atoms with E-state index in [4.69, 9.17) is 9.47 Å². The molecule has 0 saturated carbocycles. The molecule has 6 heteroatoms. The van der Waals surface area contributed by atoms with Crippen LogP contribution in [0, 0.1) is 0 Å². The molecule has 1 aromatic carbocycles. The number of benzene rings is 1. The van der Waals surface area contributed by atoms with Gasteiger partial charge in [0.1, 0.15) is 0 Å². The first-order chi connectivity index (χ1) is 11.2. The summed E-state index contributed by atoms with van der Waals surface area (Å²) >= 11 is 1.82. The van der Waals surface area contributed by atoms with E-state index in [9.17, 15) is 0 Å². The zero-order chi connectivity index (χ0) is 16.9. The summed E-state index contributed by atoms with van der Waals surface area (Å²) in [4.78, 5) is 4.21. The highest BCUT2D eigenvalue weighted by atomic mass is 32.2. The molecule has 0 spiro atoms. The number of hydrogen-bond acceptors (Lipinski definition) is 4. The first kappa shape index (κ1) is 19.5. The molecule has 0 amide bonds. The molecule has 0 aliphatic carbocycles. The van der Waals surface area contributed by atoms with Gasteiger partial charge in [-0.25, -0.2) is 0 Å². The topological polar surface area (TPSA) is 54.9 Å². The highest BCUT2D eigenvalue weighted by Crippen LogP contribution is 2.28. The van der Waals surface area contributed by atoms with Crippen molar-refractivity contribution in [3.8, 4) is 11.5 Å². The highest BCUT2D eigenvalue weighted by Gasteiger charge is 2.05. The summed E-state index contributed by atoms with van der Waals surface area (Å²) in [5.74, 6) is 3.54. The molecule has 2 N–H and O–H groups in total. The fourth-order valence-electron chi connectivity index (χ4n) is 2.14. The zero-order valence-electron chi connectivity index (χ0n) is 14.6. The van der Waals surface area contributed by atoms with Crippen LogP contribution in [-0.4, -0.2) is 51.8 Å². The molecule has 0 aliphatic heterocycles. The monoisotopic (exact) mass is 339 g/mol. The lowest BCUT2D eigenvalue weighted by Gasteiger charge is -2.12. The second-order valence-corrected chi connectivity index (χ2v) is 5.93. The summed E-state index contributed by atoms with van der Waals surface area (Å²) in [6.45, 7) is 4.43. The predicted molar refractivity (Wildman–Crippen MR) is 100 cm³/mol. The van der Waals surface area contributed by atoms with Crippen molar-refractivity contribution in [2.45, 2.75) is 19.8 Å². The van der Waals surface area contributed by atoms with Gasteiger partial charge in [-0.15, -0.1) is 0 Å². The van der Waals surface area contributed by atoms with Crippen LogP contribution in [0.1, 0.15) is 18.9 Å². The van der Waals surface area contributed by atoms with Gasteiger partial charge in [0.15, 0.2) is 17.5 Å². The van der Waals surface area contributed by atoms with Crippen molar-refractivity contribution in [1.82, 2.24) is 10.6 Å². The normalized spacial score (nSPS) is 11.2. The molecule has 0 aliphatic rings. The average molecular weight is 340 g/mol. The van der Waals surface area contributed by atoms with Crippen molar-refractivity contribution >= 4 is 17.7 Å². The molecule has 0 radical (unpaired) electrons. The molecule has 0 bridgehead atoms. The summed E-state index contributed by atoms with van der Waals surface area (Å²) in [7, 11) is 3.46. The van der Waals surface area contributed by atoms with Gasteiger partial charge in [-0.2, -0.15) is 11.8 Å². The minimum absolute atomic E-state index is 0.638. The minimum atomic E-state index is 0.638. The number of nitrogens with one attached hydrogen (secondary N) is 2. The molecule has 5 nitrogen and oxygen atoms in total. The fourth-order valence-corrected chi connectivity index (χ4v) is 2.44. The second-order valence-electron chi connectivity index (χ2n) is 4.94. The standard InChI is InChI=1S/C17H29N3O2S/c1-5-22-16-13-14(8-9-15(16)21-3)7-6-10-19-17(18-2)20-11-12-23-4/h8-9,13H,5-7,10-12H2,1-4H3,(H2,18,19,20). The molecule has 0 aromatic heterocycles. The van der Waals surface area contributed by atoms with Crippen molar-refractivity contribution in [3.05, 3.63) is 23.8 Å². The van der Waals surface area contributed by atoms with Crippen molar-refractivity contribution in [2.75, 3.05) is 45.9 Å². The molecule has 130 valence electrons. The summed E-state index contributed by atoms with van der Waals surface area (Å²) in [5.41, 5.74) is 1.25. The number of nitrogens with zero attached hydrogens (tertiary/aromatic N) is 1. The molecule has 0 saturated heterocycles. The van der Waals surface area contributed by atoms with Gasteiger partial charge in [-0.3, -0.25) is 4.99 Å². The van der Waals surface area contributed by atoms with Gasteiger partial charge in [0.05, 0.1) is 13.7 Å². The number of guanidine groups is 1. The van der Waals surface area contributed by atoms with Crippen molar-refractivity contribution in [1.29, 1.82) is 0 Å². The Morgan fingerprint density at radius 2 is 2.00 bits per heavy atom. The van der Waals surface area contributed by atoms with Gasteiger partial charge >= 0.3 is 0 Å². The summed E-state index contributed by atoms with van der Waals surface area (Å²) < 4.78 is 10.9. The van der Waals surface area contributed by atoms with E-state index in [1.54, 1.807) is 14.2 Å². The van der Waals surface area contributed by atoms with Crippen LogP contribution in [0.2, 0.25) is 0 Å². The number of aliphatic imine (C=N–C) groups is 1. The van der Waals surface area contributed by atoms with Crippen LogP contribution < -0.4 is 20.1 Å². The van der Waals surface area contributed by atoms with E-state index in [0.717, 1.165) is 49.1 Å². The number of ether oxygens (including phenoxy) is 2. The lowest BCUT2D eigenvalue weighted by atomic mass is 10.1. The predicted octanol–water partition coefficient (Wildman–Crippen LogP) is 2.55. The summed E-state index contributed by atoms with van der Waals surface area (Å²) in [6.07, 6.45) is 4.11. The van der Waals surface area contributed by atoms with Crippen LogP contribution in [-0.2, 0) is 6.42 Å². The Labute approximate surface area is 144 Å². The van der Waals surface area contributed by atoms with E-state index in [1.807, 2.05) is 24.8 Å².